The van der Waals surface area contributed by atoms with Crippen LogP contribution in [-0.2, 0) is 9.47 Å². The number of nitrogens with one attached hydrogen (secondary N) is 2. The number of carbonyl (C=O) groups is 2. The minimum atomic E-state index is -2.76. The standard InChI is InChI=1S/C14H26N6O10/c1-4-5-6-29-11-14(26,16-13(25)20(3)18-28)9(22)7(21)8(30-11)10(23)15-12(24)19(2)17-27/h7-11,21-23,26H,4-6H2,1-3H3,(H,15,24)(H,16,25)/t7-,8+,9+,10?,11-,14-/m1/s1. The van der Waals surface area contributed by atoms with Gasteiger partial charge in [-0.05, 0) is 6.42 Å². The Bertz CT molecular complexity index is 624. The van der Waals surface area contributed by atoms with E-state index in [1.807, 2.05) is 17.6 Å². The summed E-state index contributed by atoms with van der Waals surface area (Å²) in [5, 5.41) is 50.7. The molecular formula is C14H26N6O10. The quantitative estimate of drug-likeness (QED) is 0.0995. The number of ether oxygens (including phenoxy) is 2. The first-order valence-electron chi connectivity index (χ1n) is 8.83. The van der Waals surface area contributed by atoms with Gasteiger partial charge in [0.2, 0.25) is 12.0 Å². The summed E-state index contributed by atoms with van der Waals surface area (Å²) < 4.78 is 10.6. The van der Waals surface area contributed by atoms with Gasteiger partial charge in [0, 0.05) is 20.7 Å². The number of rotatable bonds is 9. The molecule has 1 heterocycles. The van der Waals surface area contributed by atoms with Crippen molar-refractivity contribution in [2.24, 2.45) is 10.6 Å². The molecule has 0 aromatic rings. The Morgan fingerprint density at radius 2 is 1.77 bits per heavy atom. The molecule has 1 unspecified atom stereocenters. The predicted molar refractivity (Wildman–Crippen MR) is 96.7 cm³/mol. The van der Waals surface area contributed by atoms with Crippen molar-refractivity contribution in [3.05, 3.63) is 9.81 Å². The van der Waals surface area contributed by atoms with Gasteiger partial charge in [-0.1, -0.05) is 13.3 Å². The molecule has 0 aromatic heterocycles. The molecule has 0 aliphatic carbocycles. The lowest BCUT2D eigenvalue weighted by Gasteiger charge is -2.48. The highest BCUT2D eigenvalue weighted by atomic mass is 16.7. The van der Waals surface area contributed by atoms with E-state index in [9.17, 15) is 39.8 Å². The summed E-state index contributed by atoms with van der Waals surface area (Å²) in [6.07, 6.45) is -8.70. The number of aliphatic hydroxyl groups is 4. The Kier molecular flexibility index (Phi) is 9.40. The van der Waals surface area contributed by atoms with Crippen molar-refractivity contribution < 1.29 is 39.5 Å². The van der Waals surface area contributed by atoms with Crippen molar-refractivity contribution in [3.63, 3.8) is 0 Å². The Labute approximate surface area is 170 Å². The molecule has 6 atom stereocenters. The fraction of sp³-hybridized carbons (Fsp3) is 0.857. The minimum absolute atomic E-state index is 0.0170. The van der Waals surface area contributed by atoms with Crippen LogP contribution in [0.1, 0.15) is 19.8 Å². The van der Waals surface area contributed by atoms with Gasteiger partial charge in [0.25, 0.3) is 0 Å². The third-order valence-corrected chi connectivity index (χ3v) is 4.24. The van der Waals surface area contributed by atoms with Crippen molar-refractivity contribution >= 4 is 12.1 Å². The number of carbonyl (C=O) groups excluding carboxylic acids is 2. The highest BCUT2D eigenvalue weighted by molar-refractivity contribution is 5.74. The molecular weight excluding hydrogens is 412 g/mol. The Hall–Kier alpha value is -2.50. The second-order valence-electron chi connectivity index (χ2n) is 6.45. The summed E-state index contributed by atoms with van der Waals surface area (Å²) in [5.74, 6) is 0. The number of hydrogen-bond donors (Lipinski definition) is 6. The summed E-state index contributed by atoms with van der Waals surface area (Å²) in [7, 11) is 1.95. The van der Waals surface area contributed by atoms with Gasteiger partial charge >= 0.3 is 12.1 Å². The van der Waals surface area contributed by atoms with Crippen LogP contribution in [0.25, 0.3) is 0 Å². The maximum absolute atomic E-state index is 11.9. The predicted octanol–water partition coefficient (Wildman–Crippen LogP) is -2.10. The van der Waals surface area contributed by atoms with Gasteiger partial charge < -0.3 is 40.5 Å². The van der Waals surface area contributed by atoms with Crippen LogP contribution in [-0.4, -0.2) is 99.8 Å². The van der Waals surface area contributed by atoms with Crippen LogP contribution in [0, 0.1) is 9.81 Å². The minimum Gasteiger partial charge on any atom is -0.387 e. The topological polar surface area (TPSA) is 223 Å². The lowest BCUT2D eigenvalue weighted by atomic mass is 9.92. The van der Waals surface area contributed by atoms with Crippen molar-refractivity contribution in [1.29, 1.82) is 0 Å². The highest BCUT2D eigenvalue weighted by Crippen LogP contribution is 2.30. The third kappa shape index (κ3) is 5.77. The number of nitroso groups, excluding NO2 is 2. The lowest BCUT2D eigenvalue weighted by Crippen LogP contribution is -2.76. The molecule has 30 heavy (non-hydrogen) atoms. The number of nitrogens with zero attached hydrogens (tertiary/aromatic N) is 4. The average Bonchev–Trinajstić information content (AvgIpc) is 2.72. The van der Waals surface area contributed by atoms with E-state index in [0.29, 0.717) is 17.9 Å². The number of unbranched alkanes of at least 4 members (excludes halogenated alkanes) is 1. The van der Waals surface area contributed by atoms with E-state index in [0.717, 1.165) is 14.1 Å². The van der Waals surface area contributed by atoms with Crippen molar-refractivity contribution in [2.45, 2.75) is 56.3 Å². The molecule has 172 valence electrons. The summed E-state index contributed by atoms with van der Waals surface area (Å²) in [4.78, 5) is 44.5. The molecule has 0 bridgehead atoms. The Balaban J connectivity index is 3.10. The molecule has 0 spiro atoms. The first-order chi connectivity index (χ1) is 14.0. The molecule has 16 nitrogen and oxygen atoms in total. The second-order valence-corrected chi connectivity index (χ2v) is 6.45. The SMILES string of the molecule is CCCCO[C@@H]1O[C@H](C(O)NC(=O)N(C)N=O)[C@@H](O)[C@H](O)[C@]1(O)NC(=O)N(C)N=O. The van der Waals surface area contributed by atoms with E-state index in [1.54, 1.807) is 0 Å². The normalized spacial score (nSPS) is 29.4. The molecule has 0 radical (unpaired) electrons. The first-order valence-corrected chi connectivity index (χ1v) is 8.83. The largest absolute Gasteiger partial charge is 0.387 e. The zero-order valence-electron chi connectivity index (χ0n) is 16.5. The second kappa shape index (κ2) is 11.0. The molecule has 1 fully saturated rings. The molecule has 0 aromatic carbocycles. The Morgan fingerprint density at radius 3 is 2.30 bits per heavy atom. The van der Waals surface area contributed by atoms with Gasteiger partial charge in [0.05, 0.1) is 10.6 Å². The van der Waals surface area contributed by atoms with Crippen LogP contribution in [0.4, 0.5) is 9.59 Å². The highest BCUT2D eigenvalue weighted by Gasteiger charge is 2.58. The smallest absolute Gasteiger partial charge is 0.342 e. The molecule has 1 saturated heterocycles. The molecule has 16 heteroatoms. The van der Waals surface area contributed by atoms with Gasteiger partial charge in [-0.15, -0.1) is 9.81 Å². The zero-order chi connectivity index (χ0) is 23.1. The zero-order valence-corrected chi connectivity index (χ0v) is 16.5. The van der Waals surface area contributed by atoms with Crippen molar-refractivity contribution in [1.82, 2.24) is 20.7 Å². The maximum atomic E-state index is 11.9. The molecule has 1 rings (SSSR count). The van der Waals surface area contributed by atoms with Crippen LogP contribution in [0.3, 0.4) is 0 Å². The number of urea groups is 2. The van der Waals surface area contributed by atoms with Gasteiger partial charge in [-0.2, -0.15) is 10.0 Å². The van der Waals surface area contributed by atoms with E-state index in [1.165, 1.54) is 0 Å². The fourth-order valence-corrected chi connectivity index (χ4v) is 2.43. The van der Waals surface area contributed by atoms with E-state index in [4.69, 9.17) is 9.47 Å². The van der Waals surface area contributed by atoms with Crippen LogP contribution < -0.4 is 10.6 Å². The summed E-state index contributed by atoms with van der Waals surface area (Å²) >= 11 is 0. The Morgan fingerprint density at radius 1 is 1.20 bits per heavy atom. The van der Waals surface area contributed by atoms with E-state index < -0.39 is 48.6 Å². The molecule has 6 N–H and O–H groups in total. The van der Waals surface area contributed by atoms with E-state index in [-0.39, 0.29) is 11.6 Å². The molecule has 0 saturated carbocycles. The molecule has 4 amide bonds. The van der Waals surface area contributed by atoms with Gasteiger partial charge in [-0.25, -0.2) is 9.59 Å². The molecule has 1 aliphatic rings. The number of amides is 4. The summed E-state index contributed by atoms with van der Waals surface area (Å²) in [6.45, 7) is 1.82. The fourth-order valence-electron chi connectivity index (χ4n) is 2.43. The number of aliphatic hydroxyl groups excluding tert-OH is 3. The first kappa shape index (κ1) is 25.5. The van der Waals surface area contributed by atoms with Gasteiger partial charge in [-0.3, -0.25) is 0 Å². The van der Waals surface area contributed by atoms with E-state index in [2.05, 4.69) is 10.6 Å². The monoisotopic (exact) mass is 438 g/mol. The van der Waals surface area contributed by atoms with Crippen LogP contribution in [0.5, 0.6) is 0 Å². The van der Waals surface area contributed by atoms with Crippen molar-refractivity contribution in [2.75, 3.05) is 20.7 Å². The van der Waals surface area contributed by atoms with Gasteiger partial charge in [0.1, 0.15) is 18.3 Å². The van der Waals surface area contributed by atoms with Gasteiger partial charge in [0.15, 0.2) is 6.23 Å². The average molecular weight is 438 g/mol. The summed E-state index contributed by atoms with van der Waals surface area (Å²) in [6, 6.07) is -2.41. The summed E-state index contributed by atoms with van der Waals surface area (Å²) in [5.41, 5.74) is -2.76. The molecule has 1 aliphatic heterocycles. The van der Waals surface area contributed by atoms with Crippen molar-refractivity contribution in [3.8, 4) is 0 Å². The van der Waals surface area contributed by atoms with E-state index >= 15 is 0 Å². The lowest BCUT2D eigenvalue weighted by molar-refractivity contribution is -0.354. The maximum Gasteiger partial charge on any atom is 0.342 e. The van der Waals surface area contributed by atoms with Crippen LogP contribution in [0.15, 0.2) is 10.6 Å². The number of hydrogen-bond acceptors (Lipinski definition) is 12. The third-order valence-electron chi connectivity index (χ3n) is 4.24. The van der Waals surface area contributed by atoms with Crippen LogP contribution >= 0.6 is 0 Å². The van der Waals surface area contributed by atoms with Crippen LogP contribution in [0.2, 0.25) is 0 Å².